The van der Waals surface area contributed by atoms with Gasteiger partial charge in [-0.1, -0.05) is 5.21 Å². The molecule has 0 saturated carbocycles. The fourth-order valence-electron chi connectivity index (χ4n) is 2.08. The highest BCUT2D eigenvalue weighted by Crippen LogP contribution is 2.04. The van der Waals surface area contributed by atoms with Crippen molar-refractivity contribution in [1.82, 2.24) is 25.2 Å². The number of carbonyl (C=O) groups excluding carboxylic acids is 2. The smallest absolute Gasteiger partial charge is 0.276 e. The van der Waals surface area contributed by atoms with Crippen molar-refractivity contribution in [2.45, 2.75) is 40.5 Å². The first-order valence-corrected chi connectivity index (χ1v) is 8.24. The van der Waals surface area contributed by atoms with Crippen LogP contribution in [0.1, 0.15) is 38.2 Å². The zero-order valence-corrected chi connectivity index (χ0v) is 14.8. The predicted molar refractivity (Wildman–Crippen MR) is 87.3 cm³/mol. The molecule has 0 aliphatic carbocycles. The maximum absolute atomic E-state index is 12.4. The van der Waals surface area contributed by atoms with Gasteiger partial charge < -0.3 is 19.7 Å². The molecule has 1 heterocycles. The highest BCUT2D eigenvalue weighted by Gasteiger charge is 2.21. The molecule has 1 aromatic heterocycles. The van der Waals surface area contributed by atoms with Gasteiger partial charge >= 0.3 is 0 Å². The number of nitrogens with zero attached hydrogens (tertiary/aromatic N) is 4. The molecule has 1 aromatic rings. The molecule has 1 rings (SSSR count). The van der Waals surface area contributed by atoms with Crippen molar-refractivity contribution in [3.8, 4) is 0 Å². The van der Waals surface area contributed by atoms with Crippen LogP contribution in [0, 0.1) is 0 Å². The van der Waals surface area contributed by atoms with E-state index in [9.17, 15) is 9.59 Å². The Morgan fingerprint density at radius 2 is 1.92 bits per heavy atom. The van der Waals surface area contributed by atoms with Crippen LogP contribution in [0.15, 0.2) is 6.20 Å². The number of rotatable bonds is 11. The third-order valence-corrected chi connectivity index (χ3v) is 3.18. The Hall–Kier alpha value is -2.00. The summed E-state index contributed by atoms with van der Waals surface area (Å²) in [4.78, 5) is 25.5. The Balaban J connectivity index is 2.71. The van der Waals surface area contributed by atoms with Crippen LogP contribution in [-0.2, 0) is 20.8 Å². The molecular weight excluding hydrogens is 314 g/mol. The van der Waals surface area contributed by atoms with Crippen molar-refractivity contribution < 1.29 is 19.1 Å². The van der Waals surface area contributed by atoms with Crippen molar-refractivity contribution in [1.29, 1.82) is 0 Å². The van der Waals surface area contributed by atoms with E-state index in [1.54, 1.807) is 0 Å². The van der Waals surface area contributed by atoms with Gasteiger partial charge in [-0.3, -0.25) is 9.59 Å². The van der Waals surface area contributed by atoms with Crippen LogP contribution in [0.2, 0.25) is 0 Å². The summed E-state index contributed by atoms with van der Waals surface area (Å²) in [5.41, 5.74) is 0.188. The first-order valence-electron chi connectivity index (χ1n) is 8.24. The number of likely N-dealkylation sites (N-methyl/N-ethyl adjacent to an activating group) is 2. The normalized spacial score (nSPS) is 10.9. The Kier molecular flexibility index (Phi) is 8.95. The fourth-order valence-corrected chi connectivity index (χ4v) is 2.08. The minimum atomic E-state index is -0.442. The van der Waals surface area contributed by atoms with E-state index >= 15 is 0 Å². The molecule has 9 heteroatoms. The van der Waals surface area contributed by atoms with E-state index in [2.05, 4.69) is 15.6 Å². The molecule has 0 unspecified atom stereocenters. The summed E-state index contributed by atoms with van der Waals surface area (Å²) in [6.07, 6.45) is 1.09. The molecular formula is C15H27N5O4. The summed E-state index contributed by atoms with van der Waals surface area (Å²) >= 11 is 0. The van der Waals surface area contributed by atoms with Gasteiger partial charge in [0.1, 0.15) is 0 Å². The Bertz CT molecular complexity index is 514. The molecule has 0 bridgehead atoms. The number of hydrogen-bond donors (Lipinski definition) is 1. The van der Waals surface area contributed by atoms with E-state index in [0.29, 0.717) is 32.8 Å². The molecule has 9 nitrogen and oxygen atoms in total. The summed E-state index contributed by atoms with van der Waals surface area (Å²) in [5, 5.41) is 10.5. The van der Waals surface area contributed by atoms with E-state index in [0.717, 1.165) is 0 Å². The highest BCUT2D eigenvalue weighted by molar-refractivity contribution is 5.94. The van der Waals surface area contributed by atoms with Gasteiger partial charge in [-0.15, -0.1) is 5.10 Å². The number of hydrogen-bond acceptors (Lipinski definition) is 6. The van der Waals surface area contributed by atoms with Crippen molar-refractivity contribution >= 4 is 11.8 Å². The number of carbonyl (C=O) groups is 2. The molecule has 0 aliphatic heterocycles. The lowest BCUT2D eigenvalue weighted by Gasteiger charge is -2.18. The number of ether oxygens (including phenoxy) is 2. The molecule has 0 aromatic carbocycles. The quantitative estimate of drug-likeness (QED) is 0.580. The monoisotopic (exact) mass is 341 g/mol. The molecule has 0 aliphatic rings. The van der Waals surface area contributed by atoms with E-state index in [4.69, 9.17) is 9.47 Å². The van der Waals surface area contributed by atoms with Crippen LogP contribution < -0.4 is 5.32 Å². The summed E-state index contributed by atoms with van der Waals surface area (Å²) in [6.45, 7) is 9.69. The van der Waals surface area contributed by atoms with Gasteiger partial charge in [0.25, 0.3) is 5.91 Å². The lowest BCUT2D eigenvalue weighted by Crippen LogP contribution is -2.40. The molecule has 136 valence electrons. The zero-order chi connectivity index (χ0) is 17.9. The van der Waals surface area contributed by atoms with Gasteiger partial charge in [-0.2, -0.15) is 0 Å². The van der Waals surface area contributed by atoms with Crippen LogP contribution in [0.5, 0.6) is 0 Å². The number of amides is 2. The van der Waals surface area contributed by atoms with Crippen molar-refractivity contribution in [3.05, 3.63) is 11.9 Å². The minimum absolute atomic E-state index is 0.00342. The van der Waals surface area contributed by atoms with Crippen LogP contribution in [0.4, 0.5) is 0 Å². The highest BCUT2D eigenvalue weighted by atomic mass is 16.7. The lowest BCUT2D eigenvalue weighted by atomic mass is 10.3. The SMILES string of the molecule is CCNC(=O)CN(CC)C(=O)c1cn(CC(OCC)OCC)nn1. The van der Waals surface area contributed by atoms with E-state index in [-0.39, 0.29) is 24.1 Å². The average molecular weight is 341 g/mol. The molecule has 0 spiro atoms. The zero-order valence-electron chi connectivity index (χ0n) is 14.8. The van der Waals surface area contributed by atoms with Gasteiger partial charge in [0.2, 0.25) is 5.91 Å². The van der Waals surface area contributed by atoms with Gasteiger partial charge in [-0.25, -0.2) is 4.68 Å². The molecule has 2 amide bonds. The summed E-state index contributed by atoms with van der Waals surface area (Å²) < 4.78 is 12.4. The van der Waals surface area contributed by atoms with E-state index in [1.807, 2.05) is 27.7 Å². The average Bonchev–Trinajstić information content (AvgIpc) is 3.01. The summed E-state index contributed by atoms with van der Waals surface area (Å²) in [5.74, 6) is -0.535. The number of aromatic nitrogens is 3. The maximum atomic E-state index is 12.4. The Morgan fingerprint density at radius 3 is 2.46 bits per heavy atom. The molecule has 0 saturated heterocycles. The first kappa shape index (κ1) is 20.0. The van der Waals surface area contributed by atoms with Gasteiger partial charge in [-0.05, 0) is 27.7 Å². The molecule has 0 radical (unpaired) electrons. The maximum Gasteiger partial charge on any atom is 0.276 e. The Labute approximate surface area is 142 Å². The predicted octanol–water partition coefficient (Wildman–Crippen LogP) is 0.275. The fraction of sp³-hybridized carbons (Fsp3) is 0.733. The lowest BCUT2D eigenvalue weighted by molar-refractivity contribution is -0.145. The second-order valence-electron chi connectivity index (χ2n) is 4.94. The van der Waals surface area contributed by atoms with Crippen LogP contribution in [0.25, 0.3) is 0 Å². The van der Waals surface area contributed by atoms with E-state index < -0.39 is 6.29 Å². The first-order chi connectivity index (χ1) is 11.5. The van der Waals surface area contributed by atoms with Crippen molar-refractivity contribution in [2.75, 3.05) is 32.8 Å². The summed E-state index contributed by atoms with van der Waals surface area (Å²) in [6, 6.07) is 0. The second kappa shape index (κ2) is 10.7. The largest absolute Gasteiger partial charge is 0.355 e. The van der Waals surface area contributed by atoms with Gasteiger partial charge in [0.15, 0.2) is 12.0 Å². The third-order valence-electron chi connectivity index (χ3n) is 3.18. The van der Waals surface area contributed by atoms with Crippen LogP contribution in [0.3, 0.4) is 0 Å². The van der Waals surface area contributed by atoms with Crippen LogP contribution >= 0.6 is 0 Å². The third kappa shape index (κ3) is 6.25. The molecule has 0 fully saturated rings. The molecule has 24 heavy (non-hydrogen) atoms. The topological polar surface area (TPSA) is 98.6 Å². The number of nitrogens with one attached hydrogen (secondary N) is 1. The van der Waals surface area contributed by atoms with E-state index in [1.165, 1.54) is 15.8 Å². The van der Waals surface area contributed by atoms with Crippen LogP contribution in [-0.4, -0.2) is 70.8 Å². The minimum Gasteiger partial charge on any atom is -0.355 e. The molecule has 1 N–H and O–H groups in total. The standard InChI is InChI=1S/C15H27N5O4/c1-5-16-13(21)10-19(6-2)15(22)12-9-20(18-17-12)11-14(23-7-3)24-8-4/h9,14H,5-8,10-11H2,1-4H3,(H,16,21). The van der Waals surface area contributed by atoms with Gasteiger partial charge in [0.05, 0.1) is 19.3 Å². The van der Waals surface area contributed by atoms with Crippen molar-refractivity contribution in [3.63, 3.8) is 0 Å². The van der Waals surface area contributed by atoms with Crippen molar-refractivity contribution in [2.24, 2.45) is 0 Å². The van der Waals surface area contributed by atoms with Gasteiger partial charge in [0, 0.05) is 26.3 Å². The molecule has 0 atom stereocenters. The summed E-state index contributed by atoms with van der Waals surface area (Å²) in [7, 11) is 0. The second-order valence-corrected chi connectivity index (χ2v) is 4.94. The Morgan fingerprint density at radius 1 is 1.25 bits per heavy atom.